The van der Waals surface area contributed by atoms with Crippen molar-refractivity contribution in [1.29, 1.82) is 0 Å². The van der Waals surface area contributed by atoms with Crippen molar-refractivity contribution in [3.05, 3.63) is 23.8 Å². The topological polar surface area (TPSA) is 87.3 Å². The Balaban J connectivity index is 2.15. The summed E-state index contributed by atoms with van der Waals surface area (Å²) in [6.45, 7) is 4.44. The molecule has 1 aliphatic rings. The molecule has 1 heterocycles. The summed E-state index contributed by atoms with van der Waals surface area (Å²) >= 11 is 0. The number of nitrogens with one attached hydrogen (secondary N) is 3. The van der Waals surface area contributed by atoms with E-state index >= 15 is 0 Å². The summed E-state index contributed by atoms with van der Waals surface area (Å²) in [5, 5.41) is 5.85. The van der Waals surface area contributed by atoms with E-state index in [-0.39, 0.29) is 16.8 Å². The van der Waals surface area contributed by atoms with Crippen LogP contribution in [0.5, 0.6) is 0 Å². The minimum absolute atomic E-state index is 0.193. The lowest BCUT2D eigenvalue weighted by Crippen LogP contribution is -2.37. The minimum atomic E-state index is -3.58. The van der Waals surface area contributed by atoms with E-state index in [1.54, 1.807) is 19.1 Å². The van der Waals surface area contributed by atoms with Crippen molar-refractivity contribution in [2.24, 2.45) is 0 Å². The van der Waals surface area contributed by atoms with E-state index in [1.807, 2.05) is 0 Å². The molecule has 1 unspecified atom stereocenters. The van der Waals surface area contributed by atoms with Crippen LogP contribution in [0.3, 0.4) is 0 Å². The third kappa shape index (κ3) is 4.26. The van der Waals surface area contributed by atoms with Crippen LogP contribution in [0, 0.1) is 6.92 Å². The van der Waals surface area contributed by atoms with Gasteiger partial charge in [0, 0.05) is 25.2 Å². The van der Waals surface area contributed by atoms with Crippen LogP contribution in [0.25, 0.3) is 0 Å². The molecule has 2 rings (SSSR count). The second kappa shape index (κ2) is 6.55. The van der Waals surface area contributed by atoms with Crippen LogP contribution in [0.1, 0.15) is 25.3 Å². The molecule has 7 heteroatoms. The number of rotatable bonds is 5. The van der Waals surface area contributed by atoms with E-state index < -0.39 is 10.0 Å². The first-order valence-electron chi connectivity index (χ1n) is 7.00. The van der Waals surface area contributed by atoms with Crippen molar-refractivity contribution in [3.63, 3.8) is 0 Å². The molecule has 1 aromatic carbocycles. The predicted octanol–water partition coefficient (Wildman–Crippen LogP) is 0.984. The molecule has 0 bridgehead atoms. The molecule has 21 heavy (non-hydrogen) atoms. The van der Waals surface area contributed by atoms with Crippen LogP contribution >= 0.6 is 0 Å². The summed E-state index contributed by atoms with van der Waals surface area (Å²) in [5.41, 5.74) is 1.13. The van der Waals surface area contributed by atoms with Crippen LogP contribution in [0.15, 0.2) is 23.1 Å². The Bertz CT molecular complexity index is 622. The molecular weight excluding hydrogens is 290 g/mol. The molecule has 3 N–H and O–H groups in total. The second-order valence-corrected chi connectivity index (χ2v) is 7.04. The first-order valence-corrected chi connectivity index (χ1v) is 8.48. The van der Waals surface area contributed by atoms with Gasteiger partial charge in [-0.05, 0) is 44.0 Å². The fourth-order valence-electron chi connectivity index (χ4n) is 2.39. The van der Waals surface area contributed by atoms with Gasteiger partial charge in [-0.2, -0.15) is 0 Å². The zero-order valence-electron chi connectivity index (χ0n) is 12.3. The number of carbonyl (C=O) groups excluding carboxylic acids is 1. The number of hydrogen-bond acceptors (Lipinski definition) is 4. The molecule has 0 aliphatic carbocycles. The number of anilines is 1. The predicted molar refractivity (Wildman–Crippen MR) is 81.7 cm³/mol. The lowest BCUT2D eigenvalue weighted by atomic mass is 10.2. The van der Waals surface area contributed by atoms with Crippen molar-refractivity contribution >= 4 is 21.6 Å². The molecule has 0 radical (unpaired) electrons. The van der Waals surface area contributed by atoms with Gasteiger partial charge >= 0.3 is 0 Å². The largest absolute Gasteiger partial charge is 0.326 e. The van der Waals surface area contributed by atoms with E-state index in [1.165, 1.54) is 13.0 Å². The molecule has 1 amide bonds. The molecule has 0 spiro atoms. The SMILES string of the molecule is CC(=O)Nc1ccc(C)c(S(=O)(=O)NCC2CCCN2)c1. The number of carbonyl (C=O) groups is 1. The van der Waals surface area contributed by atoms with Gasteiger partial charge in [-0.3, -0.25) is 4.79 Å². The van der Waals surface area contributed by atoms with Gasteiger partial charge in [0.15, 0.2) is 0 Å². The van der Waals surface area contributed by atoms with Gasteiger partial charge in [0.1, 0.15) is 0 Å². The zero-order chi connectivity index (χ0) is 15.5. The summed E-state index contributed by atoms with van der Waals surface area (Å²) in [6, 6.07) is 5.06. The maximum Gasteiger partial charge on any atom is 0.240 e. The standard InChI is InChI=1S/C14H21N3O3S/c1-10-5-6-12(17-11(2)18)8-14(10)21(19,20)16-9-13-4-3-7-15-13/h5-6,8,13,15-16H,3-4,7,9H2,1-2H3,(H,17,18). The van der Waals surface area contributed by atoms with Crippen LogP contribution in [-0.2, 0) is 14.8 Å². The van der Waals surface area contributed by atoms with Gasteiger partial charge in [-0.15, -0.1) is 0 Å². The Morgan fingerprint density at radius 1 is 1.43 bits per heavy atom. The average molecular weight is 311 g/mol. The van der Waals surface area contributed by atoms with E-state index in [9.17, 15) is 13.2 Å². The van der Waals surface area contributed by atoms with Crippen LogP contribution in [-0.4, -0.2) is 33.5 Å². The van der Waals surface area contributed by atoms with Gasteiger partial charge in [0.2, 0.25) is 15.9 Å². The lowest BCUT2D eigenvalue weighted by molar-refractivity contribution is -0.114. The maximum atomic E-state index is 12.4. The molecular formula is C14H21N3O3S. The van der Waals surface area contributed by atoms with Crippen molar-refractivity contribution < 1.29 is 13.2 Å². The fraction of sp³-hybridized carbons (Fsp3) is 0.500. The van der Waals surface area contributed by atoms with Gasteiger partial charge in [-0.25, -0.2) is 13.1 Å². The van der Waals surface area contributed by atoms with Crippen molar-refractivity contribution in [1.82, 2.24) is 10.0 Å². The van der Waals surface area contributed by atoms with Gasteiger partial charge in [0.05, 0.1) is 4.90 Å². The Morgan fingerprint density at radius 2 is 2.19 bits per heavy atom. The smallest absolute Gasteiger partial charge is 0.240 e. The van der Waals surface area contributed by atoms with Crippen LogP contribution in [0.2, 0.25) is 0 Å². The maximum absolute atomic E-state index is 12.4. The molecule has 116 valence electrons. The Kier molecular flexibility index (Phi) is 4.97. The highest BCUT2D eigenvalue weighted by Gasteiger charge is 2.21. The second-order valence-electron chi connectivity index (χ2n) is 5.31. The molecule has 1 aromatic rings. The van der Waals surface area contributed by atoms with E-state index in [0.717, 1.165) is 19.4 Å². The zero-order valence-corrected chi connectivity index (χ0v) is 13.1. The number of hydrogen-bond donors (Lipinski definition) is 3. The number of aryl methyl sites for hydroxylation is 1. The molecule has 0 saturated carbocycles. The summed E-state index contributed by atoms with van der Waals surface area (Å²) in [6.07, 6.45) is 2.05. The van der Waals surface area contributed by atoms with Gasteiger partial charge in [0.25, 0.3) is 0 Å². The summed E-state index contributed by atoms with van der Waals surface area (Å²) in [4.78, 5) is 11.3. The Morgan fingerprint density at radius 3 is 2.81 bits per heavy atom. The molecule has 1 aliphatic heterocycles. The third-order valence-corrected chi connectivity index (χ3v) is 5.05. The highest BCUT2D eigenvalue weighted by Crippen LogP contribution is 2.20. The summed E-state index contributed by atoms with van der Waals surface area (Å²) < 4.78 is 27.4. The van der Waals surface area contributed by atoms with E-state index in [2.05, 4.69) is 15.4 Å². The molecule has 6 nitrogen and oxygen atoms in total. The number of amides is 1. The summed E-state index contributed by atoms with van der Waals surface area (Å²) in [5.74, 6) is -0.231. The lowest BCUT2D eigenvalue weighted by Gasteiger charge is -2.14. The Labute approximate surface area is 125 Å². The van der Waals surface area contributed by atoms with Gasteiger partial charge < -0.3 is 10.6 Å². The number of benzene rings is 1. The van der Waals surface area contributed by atoms with Crippen LogP contribution < -0.4 is 15.4 Å². The first-order chi connectivity index (χ1) is 9.88. The monoisotopic (exact) mass is 311 g/mol. The fourth-order valence-corrected chi connectivity index (χ4v) is 3.74. The average Bonchev–Trinajstić information content (AvgIpc) is 2.91. The van der Waals surface area contributed by atoms with Crippen molar-refractivity contribution in [2.75, 3.05) is 18.4 Å². The third-order valence-electron chi connectivity index (χ3n) is 3.48. The van der Waals surface area contributed by atoms with Crippen LogP contribution in [0.4, 0.5) is 5.69 Å². The highest BCUT2D eigenvalue weighted by molar-refractivity contribution is 7.89. The highest BCUT2D eigenvalue weighted by atomic mass is 32.2. The molecule has 1 saturated heterocycles. The summed E-state index contributed by atoms with van der Waals surface area (Å²) in [7, 11) is -3.58. The normalized spacial score (nSPS) is 18.7. The van der Waals surface area contributed by atoms with E-state index in [0.29, 0.717) is 17.8 Å². The minimum Gasteiger partial charge on any atom is -0.326 e. The Hall–Kier alpha value is -1.44. The number of sulfonamides is 1. The molecule has 0 aromatic heterocycles. The quantitative estimate of drug-likeness (QED) is 0.756. The van der Waals surface area contributed by atoms with Crippen molar-refractivity contribution in [2.45, 2.75) is 37.6 Å². The van der Waals surface area contributed by atoms with E-state index in [4.69, 9.17) is 0 Å². The molecule has 1 atom stereocenters. The van der Waals surface area contributed by atoms with Gasteiger partial charge in [-0.1, -0.05) is 6.07 Å². The first kappa shape index (κ1) is 15.9. The molecule has 1 fully saturated rings. The van der Waals surface area contributed by atoms with Crippen molar-refractivity contribution in [3.8, 4) is 0 Å².